The number of aliphatic hydroxyl groups is 1. The second kappa shape index (κ2) is 50.2. The lowest BCUT2D eigenvalue weighted by molar-refractivity contribution is -0.146. The minimum absolute atomic E-state index is 0.0796. The normalized spacial score (nSPS) is 9.89. The van der Waals surface area contributed by atoms with Gasteiger partial charge in [0.2, 0.25) is 34.0 Å². The van der Waals surface area contributed by atoms with Gasteiger partial charge in [-0.05, 0) is 187 Å². The van der Waals surface area contributed by atoms with Crippen LogP contribution in [0.25, 0.3) is 54.9 Å². The number of ether oxygens (including phenoxy) is 12. The number of benzene rings is 8. The van der Waals surface area contributed by atoms with Gasteiger partial charge in [-0.3, -0.25) is 0 Å². The van der Waals surface area contributed by atoms with Gasteiger partial charge in [0, 0.05) is 27.9 Å². The van der Waals surface area contributed by atoms with Gasteiger partial charge in [0.1, 0.15) is 34.5 Å². The number of carbonyl (C=O) groups excluding carboxylic acids is 5. The molecule has 0 spiro atoms. The molecule has 8 aromatic rings. The van der Waals surface area contributed by atoms with Gasteiger partial charge in [-0.2, -0.15) is 0 Å². The van der Waals surface area contributed by atoms with Crippen molar-refractivity contribution in [3.05, 3.63) is 243 Å². The molecule has 18 nitrogen and oxygen atoms in total. The van der Waals surface area contributed by atoms with Crippen LogP contribution in [-0.4, -0.2) is 82.0 Å². The highest BCUT2D eigenvalue weighted by Crippen LogP contribution is 2.31. The van der Waals surface area contributed by atoms with E-state index < -0.39 is 36.1 Å². The summed E-state index contributed by atoms with van der Waals surface area (Å²) in [7, 11) is 0. The SMILES string of the molecule is C=C(C)C(=O)OCOc1ccc(-c2ccc(-c3ccc(OCOC(=O)C(=C)C)cc3)cc2)cc1.C=C(C)C(=O)OCOc1ccc(-c2ccc(OCOC(=O)C(=C)C)cc2)cc1.C=C(C)C(=O)OCOc1ccc2cc3cc(OCOC(O)C(=C)C)ccc3cc2c1.CC.CC.CC.CC.CC. The Bertz CT molecular complexity index is 3760. The zero-order valence-electron chi connectivity index (χ0n) is 62.1. The highest BCUT2D eigenvalue weighted by molar-refractivity contribution is 5.99. The molecule has 1 atom stereocenters. The Labute approximate surface area is 603 Å². The molecular formula is C84H102O18. The summed E-state index contributed by atoms with van der Waals surface area (Å²) in [5, 5.41) is 13.6. The Hall–Kier alpha value is -11.2. The van der Waals surface area contributed by atoms with Gasteiger partial charge in [-0.15, -0.1) is 0 Å². The van der Waals surface area contributed by atoms with Gasteiger partial charge in [0.25, 0.3) is 0 Å². The molecule has 0 amide bonds. The lowest BCUT2D eigenvalue weighted by Crippen LogP contribution is -2.16. The minimum Gasteiger partial charge on any atom is -0.467 e. The maximum absolute atomic E-state index is 11.4. The Balaban J connectivity index is 0.000000722. The van der Waals surface area contributed by atoms with E-state index in [0.717, 1.165) is 54.9 Å². The van der Waals surface area contributed by atoms with E-state index in [1.807, 2.05) is 215 Å². The van der Waals surface area contributed by atoms with E-state index in [2.05, 4.69) is 39.5 Å². The molecule has 8 aromatic carbocycles. The second-order valence-corrected chi connectivity index (χ2v) is 20.5. The maximum atomic E-state index is 11.4. The molecule has 0 radical (unpaired) electrons. The third kappa shape index (κ3) is 32.6. The zero-order valence-corrected chi connectivity index (χ0v) is 62.1. The summed E-state index contributed by atoms with van der Waals surface area (Å²) >= 11 is 0. The number of rotatable bonds is 28. The number of hydrogen-bond acceptors (Lipinski definition) is 18. The van der Waals surface area contributed by atoms with Crippen LogP contribution in [0.3, 0.4) is 0 Å². The van der Waals surface area contributed by atoms with Crippen molar-refractivity contribution >= 4 is 51.4 Å². The first-order valence-corrected chi connectivity index (χ1v) is 33.4. The zero-order chi connectivity index (χ0) is 76.7. The molecule has 102 heavy (non-hydrogen) atoms. The lowest BCUT2D eigenvalue weighted by Gasteiger charge is -2.13. The van der Waals surface area contributed by atoms with Gasteiger partial charge >= 0.3 is 29.8 Å². The van der Waals surface area contributed by atoms with Gasteiger partial charge in [0.15, 0.2) is 13.1 Å². The number of carbonyl (C=O) groups is 5. The monoisotopic (exact) mass is 1400 g/mol. The summed E-state index contributed by atoms with van der Waals surface area (Å²) in [6.07, 6.45) is -1.05. The summed E-state index contributed by atoms with van der Waals surface area (Å²) in [4.78, 5) is 56.7. The second-order valence-electron chi connectivity index (χ2n) is 20.5. The van der Waals surface area contributed by atoms with Crippen molar-refractivity contribution < 1.29 is 85.9 Å². The van der Waals surface area contributed by atoms with E-state index in [4.69, 9.17) is 56.8 Å². The van der Waals surface area contributed by atoms with Crippen LogP contribution in [0.2, 0.25) is 0 Å². The number of esters is 5. The van der Waals surface area contributed by atoms with Crippen LogP contribution < -0.4 is 28.4 Å². The predicted octanol–water partition coefficient (Wildman–Crippen LogP) is 20.0. The van der Waals surface area contributed by atoms with Crippen LogP contribution in [0.5, 0.6) is 34.5 Å². The molecule has 0 aliphatic heterocycles. The van der Waals surface area contributed by atoms with Crippen LogP contribution in [0.15, 0.2) is 243 Å². The maximum Gasteiger partial charge on any atom is 0.335 e. The molecule has 0 saturated carbocycles. The van der Waals surface area contributed by atoms with Crippen LogP contribution in [0.4, 0.5) is 0 Å². The van der Waals surface area contributed by atoms with Crippen molar-refractivity contribution in [3.8, 4) is 67.9 Å². The molecule has 0 aliphatic rings. The standard InChI is InChI=1S/C28H26O6.C24H24O6.C22H22O6.5C2H6/c1-19(2)27(29)33-17-31-25-13-9-23(10-14-25)21-5-7-22(8-6-21)24-11-15-26(16-12-24)32-18-34-28(30)20(3)4;1-15(2)23(25)29-13-27-21-7-5-17-10-20-12-22(28-14-30-24(26)16(3)4)8-6-18(20)9-19(17)11-21;1-15(2)21(23)27-13-25-19-9-5-17(6-10-19)18-7-11-20(12-8-18)26-14-28-22(24)16(3)4;5*1-2/h5-16H,1,3,17-18H2,2,4H3;5-12,23,25H,1,3,13-14H2,2,4H3;5-12H,1,3,13-14H2,2,4H3;5*1-2H3. The average molecular weight is 1400 g/mol. The molecule has 0 saturated heterocycles. The third-order valence-corrected chi connectivity index (χ3v) is 12.7. The van der Waals surface area contributed by atoms with Crippen LogP contribution in [-0.2, 0) is 52.4 Å². The molecule has 546 valence electrons. The smallest absolute Gasteiger partial charge is 0.335 e. The minimum atomic E-state index is -1.05. The van der Waals surface area contributed by atoms with Crippen molar-refractivity contribution in [2.24, 2.45) is 0 Å². The summed E-state index contributed by atoms with van der Waals surface area (Å²) in [5.41, 5.74) is 8.27. The van der Waals surface area contributed by atoms with Crippen molar-refractivity contribution in [3.63, 3.8) is 0 Å². The van der Waals surface area contributed by atoms with Gasteiger partial charge in [0.05, 0.1) is 0 Å². The molecule has 0 fully saturated rings. The molecule has 1 N–H and O–H groups in total. The Kier molecular flexibility index (Phi) is 43.7. The molecule has 0 heterocycles. The first kappa shape index (κ1) is 88.8. The van der Waals surface area contributed by atoms with Crippen molar-refractivity contribution in [1.29, 1.82) is 0 Å². The van der Waals surface area contributed by atoms with Gasteiger partial charge in [-0.25, -0.2) is 24.0 Å². The Morgan fingerprint density at radius 2 is 0.461 bits per heavy atom. The van der Waals surface area contributed by atoms with E-state index >= 15 is 0 Å². The van der Waals surface area contributed by atoms with Gasteiger partial charge in [-0.1, -0.05) is 194 Å². The fraction of sp³-hybridized carbons (Fsp3) is 0.274. The van der Waals surface area contributed by atoms with Crippen molar-refractivity contribution in [1.82, 2.24) is 0 Å². The van der Waals surface area contributed by atoms with E-state index in [0.29, 0.717) is 67.9 Å². The molecule has 0 aliphatic carbocycles. The summed E-state index contributed by atoms with van der Waals surface area (Å²) in [6, 6.07) is 53.3. The van der Waals surface area contributed by atoms with Gasteiger partial charge < -0.3 is 61.9 Å². The third-order valence-electron chi connectivity index (χ3n) is 12.7. The molecule has 8 rings (SSSR count). The fourth-order valence-electron chi connectivity index (χ4n) is 7.64. The van der Waals surface area contributed by atoms with Crippen LogP contribution >= 0.6 is 0 Å². The molecule has 1 unspecified atom stereocenters. The molecule has 0 bridgehead atoms. The quantitative estimate of drug-likeness (QED) is 0.0120. The number of hydrogen-bond donors (Lipinski definition) is 1. The van der Waals surface area contributed by atoms with Crippen LogP contribution in [0, 0.1) is 0 Å². The average Bonchev–Trinajstić information content (AvgIpc) is 0.812. The molecular weight excluding hydrogens is 1300 g/mol. The summed E-state index contributed by atoms with van der Waals surface area (Å²) in [5.74, 6) is 1.17. The predicted molar refractivity (Wildman–Crippen MR) is 407 cm³/mol. The van der Waals surface area contributed by atoms with E-state index in [1.165, 1.54) is 0 Å². The topological polar surface area (TPSA) is 216 Å². The fourth-order valence-corrected chi connectivity index (χ4v) is 7.64. The Morgan fingerprint density at radius 3 is 0.667 bits per heavy atom. The molecule has 18 heteroatoms. The van der Waals surface area contributed by atoms with Crippen molar-refractivity contribution in [2.75, 3.05) is 40.8 Å². The summed E-state index contributed by atoms with van der Waals surface area (Å²) < 4.78 is 62.4. The first-order chi connectivity index (χ1) is 49.0. The molecule has 0 aromatic heterocycles. The Morgan fingerprint density at radius 1 is 0.275 bits per heavy atom. The first-order valence-electron chi connectivity index (χ1n) is 33.4. The highest BCUT2D eigenvalue weighted by Gasteiger charge is 2.11. The summed E-state index contributed by atoms with van der Waals surface area (Å²) in [6.45, 7) is 49.8. The van der Waals surface area contributed by atoms with E-state index in [9.17, 15) is 29.1 Å². The number of fused-ring (bicyclic) bond motifs is 2. The van der Waals surface area contributed by atoms with Crippen molar-refractivity contribution in [2.45, 2.75) is 117 Å². The largest absolute Gasteiger partial charge is 0.467 e. The van der Waals surface area contributed by atoms with Crippen LogP contribution in [0.1, 0.15) is 111 Å². The van der Waals surface area contributed by atoms with E-state index in [1.54, 1.807) is 65.8 Å². The lowest BCUT2D eigenvalue weighted by atomic mass is 10.0. The van der Waals surface area contributed by atoms with E-state index in [-0.39, 0.29) is 40.8 Å². The highest BCUT2D eigenvalue weighted by atomic mass is 16.7. The number of aliphatic hydroxyl groups excluding tert-OH is 1.